The van der Waals surface area contributed by atoms with Gasteiger partial charge in [0.2, 0.25) is 5.91 Å². The summed E-state index contributed by atoms with van der Waals surface area (Å²) in [6, 6.07) is 23.2. The summed E-state index contributed by atoms with van der Waals surface area (Å²) in [5, 5.41) is 23.3. The van der Waals surface area contributed by atoms with Crippen LogP contribution in [0.4, 0.5) is 4.39 Å². The second-order valence-corrected chi connectivity index (χ2v) is 13.0. The van der Waals surface area contributed by atoms with Gasteiger partial charge in [0, 0.05) is 62.8 Å². The van der Waals surface area contributed by atoms with Crippen molar-refractivity contribution in [1.82, 2.24) is 35.6 Å². The van der Waals surface area contributed by atoms with Crippen LogP contribution < -0.4 is 16.2 Å². The lowest BCUT2D eigenvalue weighted by atomic mass is 10.0. The number of fused-ring (bicyclic) bond motifs is 1. The number of hydrogen-bond donors (Lipinski definition) is 3. The molecule has 3 N–H and O–H groups in total. The van der Waals surface area contributed by atoms with E-state index in [0.717, 1.165) is 23.1 Å². The Morgan fingerprint density at radius 3 is 2.45 bits per heavy atom. The minimum atomic E-state index is -0.635. The molecule has 14 heteroatoms. The molecule has 13 nitrogen and oxygen atoms in total. The molecule has 5 aromatic rings. The standard InChI is InChI=1S/C41H41FN8O5/c1-2-27-6-5-7-29(20-27)31-23-30(24-43)38(46-25-31)40(53)45-13-19-55-18-12-44-26-37(51)49-14-16-50(17-15-49)41(54)34-21-28(10-11-35(34)42)22-36-32-8-3-4-9-33(32)39(52)48-47-36/h3-11,20-21,23,25,44H,2,12-19,22,26H2,1H3,(H,45,53)(H,48,52). The Bertz CT molecular complexity index is 2300. The van der Waals surface area contributed by atoms with E-state index in [0.29, 0.717) is 54.7 Å². The number of carbonyl (C=O) groups excluding carboxylic acids is 3. The van der Waals surface area contributed by atoms with E-state index in [2.05, 4.69) is 38.8 Å². The maximum absolute atomic E-state index is 14.9. The van der Waals surface area contributed by atoms with Crippen molar-refractivity contribution in [1.29, 1.82) is 5.26 Å². The van der Waals surface area contributed by atoms with Gasteiger partial charge in [-0.1, -0.05) is 55.5 Å². The second kappa shape index (κ2) is 18.2. The topological polar surface area (TPSA) is 173 Å². The van der Waals surface area contributed by atoms with Gasteiger partial charge in [0.05, 0.1) is 42.0 Å². The summed E-state index contributed by atoms with van der Waals surface area (Å²) in [6.07, 6.45) is 2.77. The highest BCUT2D eigenvalue weighted by atomic mass is 19.1. The first-order valence-electron chi connectivity index (χ1n) is 18.1. The molecule has 3 amide bonds. The van der Waals surface area contributed by atoms with E-state index in [1.807, 2.05) is 30.3 Å². The van der Waals surface area contributed by atoms with Crippen molar-refractivity contribution < 1.29 is 23.5 Å². The number of aromatic nitrogens is 3. The fourth-order valence-electron chi connectivity index (χ4n) is 6.41. The number of hydrogen-bond acceptors (Lipinski definition) is 9. The van der Waals surface area contributed by atoms with Crippen LogP contribution in [0, 0.1) is 17.1 Å². The van der Waals surface area contributed by atoms with Crippen LogP contribution in [-0.4, -0.2) is 102 Å². The molecule has 0 spiro atoms. The molecule has 1 saturated heterocycles. The second-order valence-electron chi connectivity index (χ2n) is 13.0. The van der Waals surface area contributed by atoms with E-state index in [-0.39, 0.29) is 61.1 Å². The summed E-state index contributed by atoms with van der Waals surface area (Å²) in [7, 11) is 0. The van der Waals surface area contributed by atoms with Crippen LogP contribution in [-0.2, 0) is 22.4 Å². The van der Waals surface area contributed by atoms with E-state index in [1.54, 1.807) is 46.3 Å². The van der Waals surface area contributed by atoms with Crippen molar-refractivity contribution >= 4 is 28.5 Å². The first-order chi connectivity index (χ1) is 26.7. The molecule has 0 bridgehead atoms. The molecule has 3 heterocycles. The number of aromatic amines is 1. The van der Waals surface area contributed by atoms with Crippen LogP contribution >= 0.6 is 0 Å². The Morgan fingerprint density at radius 2 is 1.67 bits per heavy atom. The Labute approximate surface area is 317 Å². The number of nitrogens with one attached hydrogen (secondary N) is 3. The van der Waals surface area contributed by atoms with Gasteiger partial charge in [-0.3, -0.25) is 19.2 Å². The molecule has 0 saturated carbocycles. The van der Waals surface area contributed by atoms with Gasteiger partial charge in [-0.25, -0.2) is 14.5 Å². The summed E-state index contributed by atoms with van der Waals surface area (Å²) in [6.45, 7) is 4.45. The molecule has 0 unspecified atom stereocenters. The zero-order valence-electron chi connectivity index (χ0n) is 30.4. The van der Waals surface area contributed by atoms with Gasteiger partial charge in [0.1, 0.15) is 17.6 Å². The van der Waals surface area contributed by atoms with Crippen molar-refractivity contribution in [2.24, 2.45) is 0 Å². The Hall–Kier alpha value is -6.30. The number of pyridine rings is 1. The lowest BCUT2D eigenvalue weighted by molar-refractivity contribution is -0.131. The van der Waals surface area contributed by atoms with Gasteiger partial charge in [-0.05, 0) is 47.4 Å². The van der Waals surface area contributed by atoms with E-state index < -0.39 is 17.6 Å². The maximum Gasteiger partial charge on any atom is 0.272 e. The molecular weight excluding hydrogens is 703 g/mol. The number of nitrogens with zero attached hydrogens (tertiary/aromatic N) is 5. The van der Waals surface area contributed by atoms with Crippen LogP contribution in [0.15, 0.2) is 83.8 Å². The zero-order valence-corrected chi connectivity index (χ0v) is 30.4. The molecule has 1 fully saturated rings. The molecule has 282 valence electrons. The number of piperazine rings is 1. The van der Waals surface area contributed by atoms with Crippen molar-refractivity contribution in [2.45, 2.75) is 19.8 Å². The number of nitriles is 1. The number of H-pyrrole nitrogens is 1. The third kappa shape index (κ3) is 9.45. The molecule has 1 aliphatic heterocycles. The van der Waals surface area contributed by atoms with Crippen molar-refractivity contribution in [3.63, 3.8) is 0 Å². The summed E-state index contributed by atoms with van der Waals surface area (Å²) < 4.78 is 20.5. The summed E-state index contributed by atoms with van der Waals surface area (Å²) in [5.41, 5.74) is 4.02. The highest BCUT2D eigenvalue weighted by Gasteiger charge is 2.26. The van der Waals surface area contributed by atoms with Gasteiger partial charge in [0.15, 0.2) is 0 Å². The largest absolute Gasteiger partial charge is 0.378 e. The third-order valence-electron chi connectivity index (χ3n) is 9.45. The van der Waals surface area contributed by atoms with E-state index >= 15 is 0 Å². The Kier molecular flexibility index (Phi) is 12.7. The highest BCUT2D eigenvalue weighted by Crippen LogP contribution is 2.23. The number of amides is 3. The normalized spacial score (nSPS) is 12.7. The van der Waals surface area contributed by atoms with E-state index in [1.165, 1.54) is 12.1 Å². The minimum absolute atomic E-state index is 0.0514. The number of aryl methyl sites for hydroxylation is 1. The lowest BCUT2D eigenvalue weighted by Gasteiger charge is -2.35. The minimum Gasteiger partial charge on any atom is -0.378 e. The third-order valence-corrected chi connectivity index (χ3v) is 9.45. The summed E-state index contributed by atoms with van der Waals surface area (Å²) in [5.74, 6) is -1.68. The lowest BCUT2D eigenvalue weighted by Crippen LogP contribution is -2.52. The zero-order chi connectivity index (χ0) is 38.7. The smallest absolute Gasteiger partial charge is 0.272 e. The number of halogens is 1. The fourth-order valence-corrected chi connectivity index (χ4v) is 6.41. The van der Waals surface area contributed by atoms with Crippen molar-refractivity contribution in [3.8, 4) is 17.2 Å². The fraction of sp³-hybridized carbons (Fsp3) is 0.293. The Balaban J connectivity index is 0.887. The van der Waals surface area contributed by atoms with Crippen LogP contribution in [0.25, 0.3) is 21.9 Å². The molecule has 0 radical (unpaired) electrons. The van der Waals surface area contributed by atoms with Gasteiger partial charge in [-0.15, -0.1) is 0 Å². The van der Waals surface area contributed by atoms with Gasteiger partial charge < -0.3 is 25.2 Å². The summed E-state index contributed by atoms with van der Waals surface area (Å²) in [4.78, 5) is 58.5. The monoisotopic (exact) mass is 744 g/mol. The van der Waals surface area contributed by atoms with E-state index in [9.17, 15) is 28.8 Å². The molecule has 0 atom stereocenters. The molecule has 3 aromatic carbocycles. The molecule has 55 heavy (non-hydrogen) atoms. The molecule has 2 aromatic heterocycles. The van der Waals surface area contributed by atoms with Crippen LogP contribution in [0.2, 0.25) is 0 Å². The van der Waals surface area contributed by atoms with Crippen molar-refractivity contribution in [3.05, 3.63) is 129 Å². The summed E-state index contributed by atoms with van der Waals surface area (Å²) >= 11 is 0. The van der Waals surface area contributed by atoms with Crippen LogP contribution in [0.3, 0.4) is 0 Å². The number of ether oxygens (including phenoxy) is 1. The SMILES string of the molecule is CCc1cccc(-c2cnc(C(=O)NCCOCCNCC(=O)N3CCN(C(=O)c4cc(Cc5n[nH]c(=O)c6ccccc56)ccc4F)CC3)c(C#N)c2)c1. The molecular formula is C41H41FN8O5. The van der Waals surface area contributed by atoms with E-state index in [4.69, 9.17) is 4.74 Å². The predicted octanol–water partition coefficient (Wildman–Crippen LogP) is 3.47. The van der Waals surface area contributed by atoms with Crippen LogP contribution in [0.1, 0.15) is 50.2 Å². The number of carbonyl (C=O) groups is 3. The molecule has 6 rings (SSSR count). The Morgan fingerprint density at radius 1 is 0.909 bits per heavy atom. The van der Waals surface area contributed by atoms with Crippen LogP contribution in [0.5, 0.6) is 0 Å². The molecule has 1 aliphatic rings. The van der Waals surface area contributed by atoms with Gasteiger partial charge >= 0.3 is 0 Å². The predicted molar refractivity (Wildman–Crippen MR) is 204 cm³/mol. The average Bonchev–Trinajstić information content (AvgIpc) is 3.23. The quantitative estimate of drug-likeness (QED) is 0.144. The van der Waals surface area contributed by atoms with Gasteiger partial charge in [0.25, 0.3) is 17.4 Å². The van der Waals surface area contributed by atoms with Gasteiger partial charge in [-0.2, -0.15) is 10.4 Å². The first kappa shape index (κ1) is 38.4. The molecule has 0 aliphatic carbocycles. The first-order valence-corrected chi connectivity index (χ1v) is 18.1. The number of rotatable bonds is 14. The number of benzene rings is 3. The average molecular weight is 745 g/mol. The van der Waals surface area contributed by atoms with Crippen molar-refractivity contribution in [2.75, 3.05) is 59.0 Å². The maximum atomic E-state index is 14.9. The highest BCUT2D eigenvalue weighted by molar-refractivity contribution is 5.96.